The van der Waals surface area contributed by atoms with E-state index in [1.54, 1.807) is 6.92 Å². The third-order valence-corrected chi connectivity index (χ3v) is 3.67. The zero-order valence-corrected chi connectivity index (χ0v) is 10.6. The van der Waals surface area contributed by atoms with Gasteiger partial charge in [0.2, 0.25) is 5.41 Å². The maximum absolute atomic E-state index is 11.8. The zero-order chi connectivity index (χ0) is 12.5. The SMILES string of the molecule is CCOC(=O)C(C)(C#N)c1nc(C2CC2)ns1. The first-order valence-electron chi connectivity index (χ1n) is 5.54. The van der Waals surface area contributed by atoms with Crippen molar-refractivity contribution >= 4 is 17.5 Å². The van der Waals surface area contributed by atoms with Gasteiger partial charge in [-0.2, -0.15) is 9.64 Å². The van der Waals surface area contributed by atoms with Crippen molar-refractivity contribution in [2.45, 2.75) is 38.0 Å². The molecule has 1 aliphatic rings. The second-order valence-electron chi connectivity index (χ2n) is 4.19. The van der Waals surface area contributed by atoms with Crippen LogP contribution >= 0.6 is 11.5 Å². The van der Waals surface area contributed by atoms with E-state index in [4.69, 9.17) is 4.74 Å². The van der Waals surface area contributed by atoms with Gasteiger partial charge in [0, 0.05) is 5.92 Å². The lowest BCUT2D eigenvalue weighted by Crippen LogP contribution is -2.32. The van der Waals surface area contributed by atoms with Crippen molar-refractivity contribution in [3.05, 3.63) is 10.8 Å². The number of ether oxygens (including phenoxy) is 1. The van der Waals surface area contributed by atoms with Crippen molar-refractivity contribution in [2.75, 3.05) is 6.61 Å². The van der Waals surface area contributed by atoms with E-state index in [1.807, 2.05) is 6.07 Å². The summed E-state index contributed by atoms with van der Waals surface area (Å²) in [5.74, 6) is 0.627. The van der Waals surface area contributed by atoms with Gasteiger partial charge < -0.3 is 4.74 Å². The first kappa shape index (κ1) is 12.0. The van der Waals surface area contributed by atoms with Crippen LogP contribution in [0.15, 0.2) is 0 Å². The molecule has 0 spiro atoms. The first-order chi connectivity index (χ1) is 8.11. The number of hydrogen-bond acceptors (Lipinski definition) is 6. The average Bonchev–Trinajstić information content (AvgIpc) is 3.06. The Hall–Kier alpha value is -1.48. The number of hydrogen-bond donors (Lipinski definition) is 0. The fourth-order valence-electron chi connectivity index (χ4n) is 1.40. The normalized spacial score (nSPS) is 18.2. The van der Waals surface area contributed by atoms with Gasteiger partial charge >= 0.3 is 5.97 Å². The lowest BCUT2D eigenvalue weighted by molar-refractivity contribution is -0.147. The number of carbonyl (C=O) groups is 1. The Morgan fingerprint density at radius 2 is 2.41 bits per heavy atom. The van der Waals surface area contributed by atoms with E-state index in [0.29, 0.717) is 10.9 Å². The summed E-state index contributed by atoms with van der Waals surface area (Å²) >= 11 is 1.12. The lowest BCUT2D eigenvalue weighted by Gasteiger charge is -2.15. The van der Waals surface area contributed by atoms with Gasteiger partial charge in [0.1, 0.15) is 10.8 Å². The zero-order valence-electron chi connectivity index (χ0n) is 9.77. The van der Waals surface area contributed by atoms with Crippen molar-refractivity contribution in [2.24, 2.45) is 0 Å². The summed E-state index contributed by atoms with van der Waals surface area (Å²) in [6.07, 6.45) is 2.19. The van der Waals surface area contributed by atoms with Crippen molar-refractivity contribution < 1.29 is 9.53 Å². The highest BCUT2D eigenvalue weighted by molar-refractivity contribution is 7.05. The van der Waals surface area contributed by atoms with Gasteiger partial charge in [-0.1, -0.05) is 0 Å². The van der Waals surface area contributed by atoms with E-state index in [0.717, 1.165) is 30.2 Å². The molecule has 0 aromatic carbocycles. The van der Waals surface area contributed by atoms with E-state index >= 15 is 0 Å². The maximum Gasteiger partial charge on any atom is 0.333 e. The van der Waals surface area contributed by atoms with Gasteiger partial charge in [0.05, 0.1) is 12.7 Å². The highest BCUT2D eigenvalue weighted by Gasteiger charge is 2.42. The Balaban J connectivity index is 2.26. The second-order valence-corrected chi connectivity index (χ2v) is 4.94. The minimum atomic E-state index is -1.33. The summed E-state index contributed by atoms with van der Waals surface area (Å²) in [5.41, 5.74) is -1.33. The van der Waals surface area contributed by atoms with Crippen molar-refractivity contribution in [1.29, 1.82) is 5.26 Å². The second kappa shape index (κ2) is 4.41. The summed E-state index contributed by atoms with van der Waals surface area (Å²) in [6, 6.07) is 1.99. The van der Waals surface area contributed by atoms with E-state index in [9.17, 15) is 10.1 Å². The third kappa shape index (κ3) is 2.15. The highest BCUT2D eigenvalue weighted by atomic mass is 32.1. The molecule has 5 nitrogen and oxygen atoms in total. The van der Waals surface area contributed by atoms with Crippen LogP contribution in [0.4, 0.5) is 0 Å². The Labute approximate surface area is 104 Å². The van der Waals surface area contributed by atoms with E-state index < -0.39 is 11.4 Å². The van der Waals surface area contributed by atoms with Crippen molar-refractivity contribution in [1.82, 2.24) is 9.36 Å². The van der Waals surface area contributed by atoms with Crippen LogP contribution in [0.1, 0.15) is 43.4 Å². The average molecular weight is 251 g/mol. The molecule has 1 atom stereocenters. The molecule has 0 N–H and O–H groups in total. The number of esters is 1. The molecule has 1 aliphatic carbocycles. The molecule has 1 saturated carbocycles. The molecular weight excluding hydrogens is 238 g/mol. The van der Waals surface area contributed by atoms with E-state index in [1.165, 1.54) is 6.92 Å². The predicted molar refractivity (Wildman–Crippen MR) is 61.5 cm³/mol. The molecule has 0 aliphatic heterocycles. The largest absolute Gasteiger partial charge is 0.464 e. The monoisotopic (exact) mass is 251 g/mol. The summed E-state index contributed by atoms with van der Waals surface area (Å²) in [5, 5.41) is 9.62. The van der Waals surface area contributed by atoms with Gasteiger partial charge in [0.25, 0.3) is 0 Å². The number of aromatic nitrogens is 2. The molecular formula is C11H13N3O2S. The maximum atomic E-state index is 11.8. The van der Waals surface area contributed by atoms with Crippen LogP contribution in [0.25, 0.3) is 0 Å². The molecule has 0 amide bonds. The Kier molecular flexibility index (Phi) is 3.11. The molecule has 1 unspecified atom stereocenters. The van der Waals surface area contributed by atoms with Crippen molar-refractivity contribution in [3.8, 4) is 6.07 Å². The van der Waals surface area contributed by atoms with Crippen LogP contribution in [-0.4, -0.2) is 21.9 Å². The Morgan fingerprint density at radius 3 is 2.94 bits per heavy atom. The fraction of sp³-hybridized carbons (Fsp3) is 0.636. The molecule has 1 heterocycles. The van der Waals surface area contributed by atoms with Gasteiger partial charge in [-0.05, 0) is 38.2 Å². The van der Waals surface area contributed by atoms with Gasteiger partial charge in [-0.25, -0.2) is 9.78 Å². The fourth-order valence-corrected chi connectivity index (χ4v) is 2.22. The smallest absolute Gasteiger partial charge is 0.333 e. The molecule has 0 radical (unpaired) electrons. The quantitative estimate of drug-likeness (QED) is 0.762. The number of carbonyl (C=O) groups excluding carboxylic acids is 1. The third-order valence-electron chi connectivity index (χ3n) is 2.72. The molecule has 0 saturated heterocycles. The summed E-state index contributed by atoms with van der Waals surface area (Å²) in [7, 11) is 0. The Morgan fingerprint density at radius 1 is 1.71 bits per heavy atom. The lowest BCUT2D eigenvalue weighted by atomic mass is 9.94. The van der Waals surface area contributed by atoms with Gasteiger partial charge in [-0.3, -0.25) is 0 Å². The van der Waals surface area contributed by atoms with Crippen LogP contribution in [0.3, 0.4) is 0 Å². The predicted octanol–water partition coefficient (Wildman–Crippen LogP) is 1.76. The van der Waals surface area contributed by atoms with Crippen molar-refractivity contribution in [3.63, 3.8) is 0 Å². The van der Waals surface area contributed by atoms with E-state index in [2.05, 4.69) is 9.36 Å². The summed E-state index contributed by atoms with van der Waals surface area (Å²) in [6.45, 7) is 3.50. The summed E-state index contributed by atoms with van der Waals surface area (Å²) in [4.78, 5) is 16.1. The standard InChI is InChI=1S/C11H13N3O2S/c1-3-16-10(15)11(2,6-12)9-13-8(14-17-9)7-4-5-7/h7H,3-5H2,1-2H3. The number of rotatable bonds is 4. The molecule has 1 fully saturated rings. The van der Waals surface area contributed by atoms with Crippen LogP contribution < -0.4 is 0 Å². The van der Waals surface area contributed by atoms with Gasteiger partial charge in [0.15, 0.2) is 0 Å². The molecule has 17 heavy (non-hydrogen) atoms. The topological polar surface area (TPSA) is 75.9 Å². The minimum Gasteiger partial charge on any atom is -0.464 e. The molecule has 6 heteroatoms. The van der Waals surface area contributed by atoms with Crippen LogP contribution in [0.2, 0.25) is 0 Å². The number of nitriles is 1. The molecule has 1 aromatic rings. The molecule has 2 rings (SSSR count). The van der Waals surface area contributed by atoms with Gasteiger partial charge in [-0.15, -0.1) is 0 Å². The number of nitrogens with zero attached hydrogens (tertiary/aromatic N) is 3. The molecule has 90 valence electrons. The minimum absolute atomic E-state index is 0.254. The Bertz CT molecular complexity index is 475. The molecule has 0 bridgehead atoms. The van der Waals surface area contributed by atoms with Crippen LogP contribution in [0, 0.1) is 11.3 Å². The van der Waals surface area contributed by atoms with E-state index in [-0.39, 0.29) is 6.61 Å². The van der Waals surface area contributed by atoms with Crippen LogP contribution in [0.5, 0.6) is 0 Å². The first-order valence-corrected chi connectivity index (χ1v) is 6.31. The van der Waals surface area contributed by atoms with Crippen LogP contribution in [-0.2, 0) is 14.9 Å². The molecule has 1 aromatic heterocycles. The summed E-state index contributed by atoms with van der Waals surface area (Å²) < 4.78 is 9.12. The highest BCUT2D eigenvalue weighted by Crippen LogP contribution is 2.40.